The normalized spacial score (nSPS) is 15.0. The van der Waals surface area contributed by atoms with Crippen LogP contribution in [0.3, 0.4) is 0 Å². The maximum Gasteiger partial charge on any atom is 0.416 e. The van der Waals surface area contributed by atoms with Gasteiger partial charge in [-0.3, -0.25) is 10.1 Å². The third-order valence-corrected chi connectivity index (χ3v) is 5.31. The van der Waals surface area contributed by atoms with E-state index in [1.165, 1.54) is 18.2 Å². The molecule has 0 spiro atoms. The van der Waals surface area contributed by atoms with Gasteiger partial charge in [-0.1, -0.05) is 19.3 Å². The summed E-state index contributed by atoms with van der Waals surface area (Å²) >= 11 is 5.17. The first-order valence-corrected chi connectivity index (χ1v) is 10.5. The van der Waals surface area contributed by atoms with Crippen LogP contribution in [0, 0.1) is 5.82 Å². The fraction of sp³-hybridized carbons (Fsp3) is 0.364. The highest BCUT2D eigenvalue weighted by Crippen LogP contribution is 2.36. The van der Waals surface area contributed by atoms with Gasteiger partial charge in [0.25, 0.3) is 5.91 Å². The highest BCUT2D eigenvalue weighted by Gasteiger charge is 2.31. The van der Waals surface area contributed by atoms with Crippen molar-refractivity contribution in [2.24, 2.45) is 0 Å². The SMILES string of the molecule is O=C(NC(=S)Nc1cc(C(F)(F)F)ccc1N1CCCCCCC1)c1ccc(F)cc1. The van der Waals surface area contributed by atoms with Crippen molar-refractivity contribution in [2.75, 3.05) is 23.3 Å². The molecular formula is C22H23F4N3OS. The van der Waals surface area contributed by atoms with Crippen LogP contribution in [0.25, 0.3) is 0 Å². The van der Waals surface area contributed by atoms with Crippen molar-refractivity contribution in [3.63, 3.8) is 0 Å². The molecule has 1 aliphatic heterocycles. The first-order chi connectivity index (χ1) is 14.7. The molecule has 0 radical (unpaired) electrons. The predicted octanol–water partition coefficient (Wildman–Crippen LogP) is 5.74. The van der Waals surface area contributed by atoms with Gasteiger partial charge >= 0.3 is 6.18 Å². The second kappa shape index (κ2) is 10.1. The summed E-state index contributed by atoms with van der Waals surface area (Å²) in [6, 6.07) is 8.36. The zero-order chi connectivity index (χ0) is 22.4. The topological polar surface area (TPSA) is 44.4 Å². The standard InChI is InChI=1S/C22H23F4N3OS/c23-17-9-6-15(7-10-17)20(30)28-21(31)27-18-14-16(22(24,25)26)8-11-19(18)29-12-4-2-1-3-5-13-29/h6-11,14H,1-5,12-13H2,(H2,27,28,30,31). The van der Waals surface area contributed by atoms with Crippen molar-refractivity contribution in [3.8, 4) is 0 Å². The molecule has 0 saturated carbocycles. The van der Waals surface area contributed by atoms with Crippen LogP contribution in [-0.2, 0) is 6.18 Å². The molecule has 0 atom stereocenters. The third kappa shape index (κ3) is 6.40. The van der Waals surface area contributed by atoms with Gasteiger partial charge in [-0.05, 0) is 67.5 Å². The lowest BCUT2D eigenvalue weighted by atomic mass is 10.1. The Balaban J connectivity index is 1.81. The zero-order valence-electron chi connectivity index (χ0n) is 16.8. The number of alkyl halides is 3. The van der Waals surface area contributed by atoms with Crippen LogP contribution in [-0.4, -0.2) is 24.1 Å². The number of benzene rings is 2. The van der Waals surface area contributed by atoms with E-state index in [9.17, 15) is 22.4 Å². The van der Waals surface area contributed by atoms with Gasteiger partial charge in [0.05, 0.1) is 16.9 Å². The highest BCUT2D eigenvalue weighted by atomic mass is 32.1. The van der Waals surface area contributed by atoms with Crippen molar-refractivity contribution in [3.05, 3.63) is 59.4 Å². The molecule has 2 aromatic rings. The predicted molar refractivity (Wildman–Crippen MR) is 117 cm³/mol. The summed E-state index contributed by atoms with van der Waals surface area (Å²) < 4.78 is 52.9. The minimum atomic E-state index is -4.51. The minimum Gasteiger partial charge on any atom is -0.370 e. The molecule has 1 heterocycles. The number of halogens is 4. The van der Waals surface area contributed by atoms with E-state index in [1.54, 1.807) is 0 Å². The summed E-state index contributed by atoms with van der Waals surface area (Å²) in [7, 11) is 0. The molecule has 1 saturated heterocycles. The van der Waals surface area contributed by atoms with Crippen molar-refractivity contribution in [1.29, 1.82) is 0 Å². The van der Waals surface area contributed by atoms with Crippen molar-refractivity contribution in [2.45, 2.75) is 38.3 Å². The monoisotopic (exact) mass is 453 g/mol. The maximum atomic E-state index is 13.3. The summed E-state index contributed by atoms with van der Waals surface area (Å²) in [6.07, 6.45) is 0.701. The Labute approximate surface area is 183 Å². The fourth-order valence-electron chi connectivity index (χ4n) is 3.51. The Hall–Kier alpha value is -2.68. The molecule has 9 heteroatoms. The van der Waals surface area contributed by atoms with E-state index >= 15 is 0 Å². The number of carbonyl (C=O) groups is 1. The quantitative estimate of drug-likeness (QED) is 0.459. The molecule has 166 valence electrons. The summed E-state index contributed by atoms with van der Waals surface area (Å²) in [5, 5.41) is 5.05. The number of carbonyl (C=O) groups excluding carboxylic acids is 1. The molecule has 2 N–H and O–H groups in total. The first-order valence-electron chi connectivity index (χ1n) is 10.1. The minimum absolute atomic E-state index is 0.137. The number of hydrogen-bond acceptors (Lipinski definition) is 3. The molecule has 1 fully saturated rings. The lowest BCUT2D eigenvalue weighted by Crippen LogP contribution is -2.35. The van der Waals surface area contributed by atoms with Crippen LogP contribution >= 0.6 is 12.2 Å². The van der Waals surface area contributed by atoms with E-state index in [4.69, 9.17) is 12.2 Å². The smallest absolute Gasteiger partial charge is 0.370 e. The molecule has 0 bridgehead atoms. The molecule has 4 nitrogen and oxygen atoms in total. The van der Waals surface area contributed by atoms with E-state index in [1.807, 2.05) is 4.90 Å². The lowest BCUT2D eigenvalue weighted by molar-refractivity contribution is -0.137. The van der Waals surface area contributed by atoms with E-state index in [0.717, 1.165) is 69.5 Å². The molecule has 0 unspecified atom stereocenters. The van der Waals surface area contributed by atoms with Gasteiger partial charge in [0.15, 0.2) is 5.11 Å². The highest BCUT2D eigenvalue weighted by molar-refractivity contribution is 7.80. The maximum absolute atomic E-state index is 13.3. The zero-order valence-corrected chi connectivity index (χ0v) is 17.6. The number of hydrogen-bond donors (Lipinski definition) is 2. The van der Waals surface area contributed by atoms with Crippen molar-refractivity contribution >= 4 is 34.6 Å². The summed E-state index contributed by atoms with van der Waals surface area (Å²) in [5.74, 6) is -1.07. The molecule has 1 aliphatic rings. The molecule has 0 aliphatic carbocycles. The van der Waals surface area contributed by atoms with Crippen LogP contribution in [0.15, 0.2) is 42.5 Å². The number of nitrogens with one attached hydrogen (secondary N) is 2. The summed E-state index contributed by atoms with van der Waals surface area (Å²) in [6.45, 7) is 1.46. The molecule has 31 heavy (non-hydrogen) atoms. The van der Waals surface area contributed by atoms with Crippen LogP contribution in [0.4, 0.5) is 28.9 Å². The average molecular weight is 454 g/mol. The van der Waals surface area contributed by atoms with Gasteiger partial charge in [-0.25, -0.2) is 4.39 Å². The number of thiocarbonyl (C=S) groups is 1. The van der Waals surface area contributed by atoms with E-state index in [-0.39, 0.29) is 16.4 Å². The van der Waals surface area contributed by atoms with Gasteiger partial charge in [-0.2, -0.15) is 13.2 Å². The Bertz CT molecular complexity index is 923. The second-order valence-electron chi connectivity index (χ2n) is 7.40. The van der Waals surface area contributed by atoms with E-state index in [2.05, 4.69) is 10.6 Å². The number of rotatable bonds is 3. The third-order valence-electron chi connectivity index (χ3n) is 5.10. The Morgan fingerprint density at radius 2 is 1.55 bits per heavy atom. The van der Waals surface area contributed by atoms with Crippen LogP contribution in [0.2, 0.25) is 0 Å². The van der Waals surface area contributed by atoms with Gasteiger partial charge in [0.1, 0.15) is 5.82 Å². The molecule has 2 aromatic carbocycles. The lowest BCUT2D eigenvalue weighted by Gasteiger charge is -2.29. The number of anilines is 2. The van der Waals surface area contributed by atoms with Crippen molar-refractivity contribution in [1.82, 2.24) is 5.32 Å². The number of nitrogens with zero attached hydrogens (tertiary/aromatic N) is 1. The molecule has 3 rings (SSSR count). The largest absolute Gasteiger partial charge is 0.416 e. The van der Waals surface area contributed by atoms with Crippen molar-refractivity contribution < 1.29 is 22.4 Å². The molecule has 1 amide bonds. The van der Waals surface area contributed by atoms with E-state index in [0.29, 0.717) is 5.69 Å². The van der Waals surface area contributed by atoms with Gasteiger partial charge < -0.3 is 10.2 Å². The first kappa shape index (κ1) is 23.0. The Morgan fingerprint density at radius 3 is 2.16 bits per heavy atom. The van der Waals surface area contributed by atoms with Crippen LogP contribution < -0.4 is 15.5 Å². The summed E-state index contributed by atoms with van der Waals surface area (Å²) in [4.78, 5) is 14.3. The molecular weight excluding hydrogens is 430 g/mol. The van der Waals surface area contributed by atoms with Gasteiger partial charge in [0, 0.05) is 18.7 Å². The summed E-state index contributed by atoms with van der Waals surface area (Å²) in [5.41, 5.74) is 0.158. The van der Waals surface area contributed by atoms with Gasteiger partial charge in [0.2, 0.25) is 0 Å². The number of amides is 1. The Kier molecular flexibility index (Phi) is 7.48. The molecule has 0 aromatic heterocycles. The van der Waals surface area contributed by atoms with E-state index < -0.39 is 23.5 Å². The van der Waals surface area contributed by atoms with Gasteiger partial charge in [-0.15, -0.1) is 0 Å². The fourth-order valence-corrected chi connectivity index (χ4v) is 3.71. The van der Waals surface area contributed by atoms with Crippen LogP contribution in [0.1, 0.15) is 48.0 Å². The van der Waals surface area contributed by atoms with Crippen LogP contribution in [0.5, 0.6) is 0 Å². The Morgan fingerprint density at radius 1 is 0.935 bits per heavy atom. The second-order valence-corrected chi connectivity index (χ2v) is 7.81. The average Bonchev–Trinajstić information content (AvgIpc) is 2.68.